The van der Waals surface area contributed by atoms with Crippen LogP contribution in [0, 0.1) is 0 Å². The van der Waals surface area contributed by atoms with Crippen LogP contribution in [0.25, 0.3) is 0 Å². The molecule has 0 spiro atoms. The molecular weight excluding hydrogens is 287 g/mol. The predicted octanol–water partition coefficient (Wildman–Crippen LogP) is 3.03. The molecule has 0 aliphatic carbocycles. The number of hydrogen-bond acceptors (Lipinski definition) is 3. The summed E-state index contributed by atoms with van der Waals surface area (Å²) in [4.78, 5) is 26.7. The van der Waals surface area contributed by atoms with Gasteiger partial charge in [-0.25, -0.2) is 9.78 Å². The third-order valence-electron chi connectivity index (χ3n) is 2.71. The van der Waals surface area contributed by atoms with Gasteiger partial charge >= 0.3 is 12.1 Å². The van der Waals surface area contributed by atoms with Crippen molar-refractivity contribution in [3.8, 4) is 0 Å². The van der Waals surface area contributed by atoms with Crippen molar-refractivity contribution in [2.24, 2.45) is 0 Å². The van der Waals surface area contributed by atoms with Gasteiger partial charge in [-0.05, 0) is 24.3 Å². The van der Waals surface area contributed by atoms with Crippen LogP contribution in [-0.4, -0.2) is 21.8 Å². The summed E-state index contributed by atoms with van der Waals surface area (Å²) in [6, 6.07) is 6.34. The van der Waals surface area contributed by atoms with Crippen LogP contribution in [0.2, 0.25) is 0 Å². The molecule has 2 rings (SSSR count). The highest BCUT2D eigenvalue weighted by molar-refractivity contribution is 6.13. The Morgan fingerprint density at radius 2 is 1.81 bits per heavy atom. The maximum atomic E-state index is 12.6. The van der Waals surface area contributed by atoms with Gasteiger partial charge in [0.25, 0.3) is 0 Å². The number of aromatic nitrogens is 1. The number of carbonyl (C=O) groups is 2. The molecule has 1 aromatic carbocycles. The number of ketones is 1. The van der Waals surface area contributed by atoms with E-state index in [2.05, 4.69) is 4.98 Å². The molecule has 7 heteroatoms. The number of alkyl halides is 3. The summed E-state index contributed by atoms with van der Waals surface area (Å²) in [7, 11) is 0. The Morgan fingerprint density at radius 1 is 1.10 bits per heavy atom. The van der Waals surface area contributed by atoms with Crippen molar-refractivity contribution in [2.75, 3.05) is 0 Å². The number of benzene rings is 1. The van der Waals surface area contributed by atoms with Crippen molar-refractivity contribution in [1.29, 1.82) is 0 Å². The smallest absolute Gasteiger partial charge is 0.416 e. The number of hydrogen-bond donors (Lipinski definition) is 1. The zero-order valence-corrected chi connectivity index (χ0v) is 10.4. The summed E-state index contributed by atoms with van der Waals surface area (Å²) in [5.74, 6) is -2.25. The number of carboxylic acid groups (broad SMARTS) is 1. The minimum absolute atomic E-state index is 0.250. The Hall–Kier alpha value is -2.70. The Kier molecular flexibility index (Phi) is 3.75. The molecule has 0 aliphatic heterocycles. The average molecular weight is 295 g/mol. The molecule has 2 aromatic rings. The van der Waals surface area contributed by atoms with Crippen molar-refractivity contribution in [2.45, 2.75) is 6.18 Å². The Balaban J connectivity index is 2.49. The van der Waals surface area contributed by atoms with Crippen molar-refractivity contribution in [3.05, 3.63) is 65.0 Å². The second kappa shape index (κ2) is 5.35. The van der Waals surface area contributed by atoms with Gasteiger partial charge < -0.3 is 5.11 Å². The first-order valence-electron chi connectivity index (χ1n) is 5.71. The molecule has 0 atom stereocenters. The number of carboxylic acids is 1. The molecule has 0 bridgehead atoms. The fourth-order valence-corrected chi connectivity index (χ4v) is 1.75. The first kappa shape index (κ1) is 14.7. The summed E-state index contributed by atoms with van der Waals surface area (Å²) in [6.07, 6.45) is -3.40. The second-order valence-corrected chi connectivity index (χ2v) is 4.11. The summed E-state index contributed by atoms with van der Waals surface area (Å²) < 4.78 is 37.9. The average Bonchev–Trinajstić information content (AvgIpc) is 2.45. The van der Waals surface area contributed by atoms with Crippen LogP contribution < -0.4 is 0 Å². The van der Waals surface area contributed by atoms with Gasteiger partial charge in [-0.3, -0.25) is 4.79 Å². The lowest BCUT2D eigenvalue weighted by Crippen LogP contribution is -2.13. The van der Waals surface area contributed by atoms with E-state index in [-0.39, 0.29) is 11.1 Å². The number of nitrogens with zero attached hydrogens (tertiary/aromatic N) is 1. The normalized spacial score (nSPS) is 11.2. The second-order valence-electron chi connectivity index (χ2n) is 4.11. The summed E-state index contributed by atoms with van der Waals surface area (Å²) >= 11 is 0. The zero-order chi connectivity index (χ0) is 15.6. The van der Waals surface area contributed by atoms with Gasteiger partial charge in [0.2, 0.25) is 0 Å². The van der Waals surface area contributed by atoms with Crippen LogP contribution in [0.5, 0.6) is 0 Å². The number of carbonyl (C=O) groups excluding carboxylic acids is 1. The van der Waals surface area contributed by atoms with E-state index in [1.807, 2.05) is 0 Å². The van der Waals surface area contributed by atoms with E-state index in [0.29, 0.717) is 6.07 Å². The van der Waals surface area contributed by atoms with Crippen LogP contribution in [-0.2, 0) is 6.18 Å². The number of pyridine rings is 1. The number of rotatable bonds is 3. The lowest BCUT2D eigenvalue weighted by Gasteiger charge is -2.09. The van der Waals surface area contributed by atoms with Gasteiger partial charge in [-0.1, -0.05) is 12.1 Å². The number of aromatic carboxylic acids is 1. The van der Waals surface area contributed by atoms with E-state index in [1.165, 1.54) is 24.4 Å². The SMILES string of the molecule is O=C(c1cccc(C(F)(F)F)c1)c1cccnc1C(=O)O. The summed E-state index contributed by atoms with van der Waals surface area (Å²) in [5.41, 5.74) is -1.99. The highest BCUT2D eigenvalue weighted by Crippen LogP contribution is 2.30. The van der Waals surface area contributed by atoms with Crippen molar-refractivity contribution in [1.82, 2.24) is 4.98 Å². The Morgan fingerprint density at radius 3 is 2.43 bits per heavy atom. The first-order chi connectivity index (χ1) is 9.80. The fourth-order valence-electron chi connectivity index (χ4n) is 1.75. The molecule has 1 heterocycles. The van der Waals surface area contributed by atoms with E-state index in [4.69, 9.17) is 5.11 Å². The van der Waals surface area contributed by atoms with Crippen LogP contribution >= 0.6 is 0 Å². The Bertz CT molecular complexity index is 711. The molecule has 0 unspecified atom stereocenters. The van der Waals surface area contributed by atoms with Gasteiger partial charge in [0, 0.05) is 11.8 Å². The van der Waals surface area contributed by atoms with E-state index in [1.54, 1.807) is 0 Å². The van der Waals surface area contributed by atoms with E-state index in [9.17, 15) is 22.8 Å². The Labute approximate surface area is 116 Å². The van der Waals surface area contributed by atoms with Gasteiger partial charge in [-0.15, -0.1) is 0 Å². The molecule has 0 amide bonds. The molecule has 1 N–H and O–H groups in total. The van der Waals surface area contributed by atoms with Gasteiger partial charge in [0.15, 0.2) is 11.5 Å². The molecule has 0 saturated heterocycles. The quantitative estimate of drug-likeness (QED) is 0.884. The monoisotopic (exact) mass is 295 g/mol. The van der Waals surface area contributed by atoms with Crippen molar-refractivity contribution < 1.29 is 27.9 Å². The van der Waals surface area contributed by atoms with E-state index in [0.717, 1.165) is 12.1 Å². The molecule has 21 heavy (non-hydrogen) atoms. The molecule has 0 saturated carbocycles. The largest absolute Gasteiger partial charge is 0.476 e. The lowest BCUT2D eigenvalue weighted by molar-refractivity contribution is -0.137. The van der Waals surface area contributed by atoms with Gasteiger partial charge in [-0.2, -0.15) is 13.2 Å². The van der Waals surface area contributed by atoms with Gasteiger partial charge in [0.05, 0.1) is 11.1 Å². The molecule has 108 valence electrons. The molecule has 4 nitrogen and oxygen atoms in total. The third-order valence-corrected chi connectivity index (χ3v) is 2.71. The highest BCUT2D eigenvalue weighted by Gasteiger charge is 2.31. The van der Waals surface area contributed by atoms with Crippen LogP contribution in [0.4, 0.5) is 13.2 Å². The van der Waals surface area contributed by atoms with Crippen molar-refractivity contribution in [3.63, 3.8) is 0 Å². The fraction of sp³-hybridized carbons (Fsp3) is 0.0714. The first-order valence-corrected chi connectivity index (χ1v) is 5.71. The highest BCUT2D eigenvalue weighted by atomic mass is 19.4. The maximum Gasteiger partial charge on any atom is 0.416 e. The number of halogens is 3. The zero-order valence-electron chi connectivity index (χ0n) is 10.4. The van der Waals surface area contributed by atoms with Crippen molar-refractivity contribution >= 4 is 11.8 Å². The summed E-state index contributed by atoms with van der Waals surface area (Å²) in [5, 5.41) is 8.95. The molecule has 0 radical (unpaired) electrons. The minimum Gasteiger partial charge on any atom is -0.476 e. The van der Waals surface area contributed by atoms with E-state index >= 15 is 0 Å². The van der Waals surface area contributed by atoms with Crippen LogP contribution in [0.15, 0.2) is 42.6 Å². The third kappa shape index (κ3) is 3.07. The molecule has 0 fully saturated rings. The summed E-state index contributed by atoms with van der Waals surface area (Å²) in [6.45, 7) is 0. The molecular formula is C14H8F3NO3. The van der Waals surface area contributed by atoms with Gasteiger partial charge in [0.1, 0.15) is 0 Å². The van der Waals surface area contributed by atoms with Crippen LogP contribution in [0.3, 0.4) is 0 Å². The van der Waals surface area contributed by atoms with E-state index < -0.39 is 29.2 Å². The maximum absolute atomic E-state index is 12.6. The predicted molar refractivity (Wildman–Crippen MR) is 66.1 cm³/mol. The molecule has 0 aliphatic rings. The van der Waals surface area contributed by atoms with Crippen LogP contribution in [0.1, 0.15) is 32.0 Å². The minimum atomic E-state index is -4.58. The molecule has 1 aromatic heterocycles. The standard InChI is InChI=1S/C14H8F3NO3/c15-14(16,17)9-4-1-3-8(7-9)12(19)10-5-2-6-18-11(10)13(20)21/h1-7H,(H,20,21). The topological polar surface area (TPSA) is 67.3 Å². The lowest BCUT2D eigenvalue weighted by atomic mass is 10.00.